The van der Waals surface area contributed by atoms with Gasteiger partial charge in [-0.15, -0.1) is 0 Å². The predicted octanol–water partition coefficient (Wildman–Crippen LogP) is 2.40. The zero-order valence-corrected chi connectivity index (χ0v) is 9.98. The van der Waals surface area contributed by atoms with Crippen molar-refractivity contribution in [3.8, 4) is 11.8 Å². The lowest BCUT2D eigenvalue weighted by atomic mass is 10.2. The van der Waals surface area contributed by atoms with Crippen LogP contribution in [0.5, 0.6) is 0 Å². The van der Waals surface area contributed by atoms with E-state index in [0.717, 1.165) is 5.56 Å². The average Bonchev–Trinajstić information content (AvgIpc) is 2.42. The van der Waals surface area contributed by atoms with Gasteiger partial charge in [-0.1, -0.05) is 24.1 Å². The first-order chi connectivity index (χ1) is 9.15. The third-order valence-electron chi connectivity index (χ3n) is 2.35. The Labute approximate surface area is 110 Å². The molecule has 2 aromatic carbocycles. The van der Waals surface area contributed by atoms with Crippen LogP contribution < -0.4 is 11.1 Å². The van der Waals surface area contributed by atoms with Crippen molar-refractivity contribution >= 4 is 17.3 Å². The number of carbonyl (C=O) groups excluding carboxylic acids is 1. The van der Waals surface area contributed by atoms with Crippen LogP contribution in [0.3, 0.4) is 0 Å². The topological polar surface area (TPSA) is 55.1 Å². The molecule has 0 bridgehead atoms. The van der Waals surface area contributed by atoms with E-state index in [4.69, 9.17) is 5.73 Å². The number of hydrogen-bond acceptors (Lipinski definition) is 2. The Balaban J connectivity index is 2.06. The molecule has 19 heavy (non-hydrogen) atoms. The molecule has 94 valence electrons. The molecule has 0 atom stereocenters. The minimum absolute atomic E-state index is 0.0196. The molecule has 0 spiro atoms. The zero-order valence-electron chi connectivity index (χ0n) is 9.98. The van der Waals surface area contributed by atoms with Crippen LogP contribution in [0.4, 0.5) is 15.8 Å². The van der Waals surface area contributed by atoms with Gasteiger partial charge in [0.2, 0.25) is 0 Å². The van der Waals surface area contributed by atoms with Crippen molar-refractivity contribution in [2.75, 3.05) is 11.1 Å². The van der Waals surface area contributed by atoms with Gasteiger partial charge >= 0.3 is 5.91 Å². The van der Waals surface area contributed by atoms with Gasteiger partial charge in [-0.2, -0.15) is 0 Å². The summed E-state index contributed by atoms with van der Waals surface area (Å²) < 4.78 is 12.9. The second-order valence-corrected chi connectivity index (χ2v) is 3.81. The number of hydrogen-bond donors (Lipinski definition) is 2. The molecule has 0 saturated carbocycles. The summed E-state index contributed by atoms with van der Waals surface area (Å²) >= 11 is 0. The van der Waals surface area contributed by atoms with Crippen LogP contribution in [0.2, 0.25) is 0 Å². The first-order valence-corrected chi connectivity index (χ1v) is 5.58. The number of nitrogens with one attached hydrogen (secondary N) is 1. The number of halogens is 1. The normalized spacial score (nSPS) is 9.32. The van der Waals surface area contributed by atoms with Gasteiger partial charge in [0.15, 0.2) is 0 Å². The van der Waals surface area contributed by atoms with Crippen molar-refractivity contribution in [2.45, 2.75) is 0 Å². The molecule has 0 radical (unpaired) electrons. The summed E-state index contributed by atoms with van der Waals surface area (Å²) in [7, 11) is 0. The Hall–Kier alpha value is -2.80. The molecule has 3 nitrogen and oxygen atoms in total. The number of nitrogen functional groups attached to an aromatic ring is 1. The number of anilines is 2. The van der Waals surface area contributed by atoms with Crippen LogP contribution in [0.15, 0.2) is 48.5 Å². The van der Waals surface area contributed by atoms with Crippen molar-refractivity contribution < 1.29 is 9.18 Å². The van der Waals surface area contributed by atoms with E-state index in [9.17, 15) is 9.18 Å². The fourth-order valence-corrected chi connectivity index (χ4v) is 1.43. The van der Waals surface area contributed by atoms with Crippen LogP contribution in [0.25, 0.3) is 0 Å². The first-order valence-electron chi connectivity index (χ1n) is 5.58. The molecule has 0 heterocycles. The highest BCUT2D eigenvalue weighted by Crippen LogP contribution is 2.15. The Kier molecular flexibility index (Phi) is 3.79. The quantitative estimate of drug-likeness (QED) is 0.606. The van der Waals surface area contributed by atoms with Crippen LogP contribution in [-0.2, 0) is 4.79 Å². The van der Waals surface area contributed by atoms with Crippen molar-refractivity contribution in [3.63, 3.8) is 0 Å². The van der Waals surface area contributed by atoms with Gasteiger partial charge in [0, 0.05) is 17.2 Å². The summed E-state index contributed by atoms with van der Waals surface area (Å²) in [5, 5.41) is 2.52. The summed E-state index contributed by atoms with van der Waals surface area (Å²) in [5.41, 5.74) is 6.53. The lowest BCUT2D eigenvalue weighted by Gasteiger charge is -2.02. The fraction of sp³-hybridized carbons (Fsp3) is 0. The molecular formula is C15H11FN2O. The molecular weight excluding hydrogens is 243 g/mol. The highest BCUT2D eigenvalue weighted by Gasteiger charge is 2.01. The summed E-state index contributed by atoms with van der Waals surface area (Å²) in [6.07, 6.45) is 0. The first kappa shape index (κ1) is 12.7. The van der Waals surface area contributed by atoms with E-state index >= 15 is 0 Å². The summed E-state index contributed by atoms with van der Waals surface area (Å²) in [6, 6.07) is 13.1. The van der Waals surface area contributed by atoms with Crippen LogP contribution in [0.1, 0.15) is 5.56 Å². The van der Waals surface area contributed by atoms with E-state index in [-0.39, 0.29) is 5.69 Å². The predicted molar refractivity (Wildman–Crippen MR) is 72.8 cm³/mol. The van der Waals surface area contributed by atoms with Crippen molar-refractivity contribution in [1.82, 2.24) is 0 Å². The van der Waals surface area contributed by atoms with E-state index in [1.807, 2.05) is 18.2 Å². The van der Waals surface area contributed by atoms with Crippen LogP contribution in [-0.4, -0.2) is 5.91 Å². The van der Waals surface area contributed by atoms with Crippen molar-refractivity contribution in [2.24, 2.45) is 0 Å². The molecule has 0 aromatic heterocycles. The molecule has 4 heteroatoms. The molecule has 3 N–H and O–H groups in total. The van der Waals surface area contributed by atoms with E-state index in [2.05, 4.69) is 17.2 Å². The molecule has 1 amide bonds. The molecule has 0 fully saturated rings. The summed E-state index contributed by atoms with van der Waals surface area (Å²) in [4.78, 5) is 11.6. The summed E-state index contributed by atoms with van der Waals surface area (Å²) in [5.74, 6) is 4.17. The Morgan fingerprint density at radius 2 is 1.89 bits per heavy atom. The van der Waals surface area contributed by atoms with E-state index in [1.54, 1.807) is 12.1 Å². The third kappa shape index (κ3) is 3.58. The number of rotatable bonds is 1. The van der Waals surface area contributed by atoms with E-state index < -0.39 is 11.7 Å². The highest BCUT2D eigenvalue weighted by atomic mass is 19.1. The second kappa shape index (κ2) is 5.69. The van der Waals surface area contributed by atoms with Crippen molar-refractivity contribution in [3.05, 3.63) is 59.9 Å². The van der Waals surface area contributed by atoms with Crippen LogP contribution >= 0.6 is 0 Å². The molecule has 2 rings (SSSR count). The number of amides is 1. The molecule has 0 aliphatic heterocycles. The Bertz CT molecular complexity index is 657. The second-order valence-electron chi connectivity index (χ2n) is 3.81. The largest absolute Gasteiger partial charge is 0.396 e. The van der Waals surface area contributed by atoms with E-state index in [1.165, 1.54) is 18.2 Å². The van der Waals surface area contributed by atoms with Gasteiger partial charge in [-0.3, -0.25) is 4.79 Å². The third-order valence-corrected chi connectivity index (χ3v) is 2.35. The monoisotopic (exact) mass is 254 g/mol. The number of nitrogens with two attached hydrogens (primary N) is 1. The molecule has 0 saturated heterocycles. The minimum atomic E-state index is -0.520. The highest BCUT2D eigenvalue weighted by molar-refractivity contribution is 6.04. The van der Waals surface area contributed by atoms with Gasteiger partial charge in [0.25, 0.3) is 0 Å². The molecule has 2 aromatic rings. The molecule has 0 unspecified atom stereocenters. The maximum Gasteiger partial charge on any atom is 0.300 e. The summed E-state index contributed by atoms with van der Waals surface area (Å²) in [6.45, 7) is 0. The smallest absolute Gasteiger partial charge is 0.300 e. The zero-order chi connectivity index (χ0) is 13.7. The van der Waals surface area contributed by atoms with E-state index in [0.29, 0.717) is 5.69 Å². The number of benzene rings is 2. The Morgan fingerprint density at radius 1 is 1.16 bits per heavy atom. The molecule has 0 aliphatic carbocycles. The van der Waals surface area contributed by atoms with Gasteiger partial charge < -0.3 is 11.1 Å². The Morgan fingerprint density at radius 3 is 2.58 bits per heavy atom. The maximum absolute atomic E-state index is 12.9. The minimum Gasteiger partial charge on any atom is -0.396 e. The standard InChI is InChI=1S/C15H11FN2O/c16-13-8-7-12(10-14(13)17)18-15(19)9-6-11-4-2-1-3-5-11/h1-5,7-8,10H,17H2,(H,18,19). The van der Waals surface area contributed by atoms with Gasteiger partial charge in [0.05, 0.1) is 5.69 Å². The average molecular weight is 254 g/mol. The number of carbonyl (C=O) groups is 1. The SMILES string of the molecule is Nc1cc(NC(=O)C#Cc2ccccc2)ccc1F. The van der Waals surface area contributed by atoms with Gasteiger partial charge in [-0.25, -0.2) is 4.39 Å². The van der Waals surface area contributed by atoms with Crippen LogP contribution in [0, 0.1) is 17.7 Å². The lowest BCUT2D eigenvalue weighted by molar-refractivity contribution is -0.111. The van der Waals surface area contributed by atoms with Gasteiger partial charge in [0.1, 0.15) is 5.82 Å². The lowest BCUT2D eigenvalue weighted by Crippen LogP contribution is -2.09. The van der Waals surface area contributed by atoms with Gasteiger partial charge in [-0.05, 0) is 30.3 Å². The van der Waals surface area contributed by atoms with Crippen molar-refractivity contribution in [1.29, 1.82) is 0 Å². The fourth-order valence-electron chi connectivity index (χ4n) is 1.43. The molecule has 0 aliphatic rings. The maximum atomic E-state index is 12.9.